The molecule has 1 aromatic carbocycles. The smallest absolute Gasteiger partial charge is 0.168 e. The lowest BCUT2D eigenvalue weighted by molar-refractivity contribution is 0.0955. The summed E-state index contributed by atoms with van der Waals surface area (Å²) in [6.45, 7) is 6.48. The van der Waals surface area contributed by atoms with Gasteiger partial charge in [0.15, 0.2) is 5.78 Å². The van der Waals surface area contributed by atoms with Crippen molar-refractivity contribution in [1.82, 2.24) is 4.98 Å². The van der Waals surface area contributed by atoms with Gasteiger partial charge in [0.1, 0.15) is 0 Å². The van der Waals surface area contributed by atoms with E-state index in [1.807, 2.05) is 18.3 Å². The van der Waals surface area contributed by atoms with Crippen LogP contribution in [-0.2, 0) is 6.42 Å². The van der Waals surface area contributed by atoms with Crippen LogP contribution in [0.4, 0.5) is 0 Å². The summed E-state index contributed by atoms with van der Waals surface area (Å²) in [4.78, 5) is 15.8. The number of rotatable bonds is 3. The summed E-state index contributed by atoms with van der Waals surface area (Å²) in [6.07, 6.45) is 3.90. The number of benzene rings is 1. The molecule has 3 rings (SSSR count). The minimum atomic E-state index is 0.197. The van der Waals surface area contributed by atoms with Crippen LogP contribution in [0.1, 0.15) is 43.1 Å². The van der Waals surface area contributed by atoms with Crippen molar-refractivity contribution in [2.45, 2.75) is 33.6 Å². The lowest BCUT2D eigenvalue weighted by Crippen LogP contribution is -2.05. The predicted molar refractivity (Wildman–Crippen MR) is 73.9 cm³/mol. The number of para-hydroxylation sites is 1. The number of nitrogens with one attached hydrogen (secondary N) is 1. The molecule has 1 N–H and O–H groups in total. The monoisotopic (exact) mass is 241 g/mol. The molecule has 2 aromatic rings. The van der Waals surface area contributed by atoms with Crippen molar-refractivity contribution in [2.24, 2.45) is 11.3 Å². The second-order valence-corrected chi connectivity index (χ2v) is 6.01. The number of carbonyl (C=O) groups is 1. The number of ketones is 1. The first kappa shape index (κ1) is 11.5. The number of aromatic amines is 1. The fourth-order valence-electron chi connectivity index (χ4n) is 2.82. The van der Waals surface area contributed by atoms with E-state index in [1.165, 1.54) is 5.56 Å². The van der Waals surface area contributed by atoms with Gasteiger partial charge in [-0.1, -0.05) is 39.0 Å². The van der Waals surface area contributed by atoms with Crippen molar-refractivity contribution < 1.29 is 4.79 Å². The standard InChI is InChI=1S/C16H19NO/c1-4-10-6-5-7-11-12(9-17-14(10)11)15(18)13-8-16(13,2)3/h5-7,9,13,17H,4,8H2,1-3H3. The van der Waals surface area contributed by atoms with Gasteiger partial charge in [0.05, 0.1) is 0 Å². The Morgan fingerprint density at radius 3 is 2.78 bits per heavy atom. The second-order valence-electron chi connectivity index (χ2n) is 6.01. The van der Waals surface area contributed by atoms with Crippen LogP contribution in [0.2, 0.25) is 0 Å². The molecular formula is C16H19NO. The van der Waals surface area contributed by atoms with Crippen molar-refractivity contribution in [3.8, 4) is 0 Å². The first-order valence-corrected chi connectivity index (χ1v) is 6.68. The van der Waals surface area contributed by atoms with Gasteiger partial charge in [-0.3, -0.25) is 4.79 Å². The van der Waals surface area contributed by atoms with Crippen LogP contribution >= 0.6 is 0 Å². The van der Waals surface area contributed by atoms with Crippen molar-refractivity contribution in [2.75, 3.05) is 0 Å². The maximum atomic E-state index is 12.5. The molecule has 1 saturated carbocycles. The molecule has 1 atom stereocenters. The summed E-state index contributed by atoms with van der Waals surface area (Å²) < 4.78 is 0. The molecule has 0 spiro atoms. The summed E-state index contributed by atoms with van der Waals surface area (Å²) in [7, 11) is 0. The molecule has 1 aromatic heterocycles. The Hall–Kier alpha value is -1.57. The van der Waals surface area contributed by atoms with E-state index in [0.717, 1.165) is 29.3 Å². The highest BCUT2D eigenvalue weighted by atomic mass is 16.1. The molecule has 1 fully saturated rings. The van der Waals surface area contributed by atoms with Crippen molar-refractivity contribution in [1.29, 1.82) is 0 Å². The highest BCUT2D eigenvalue weighted by Crippen LogP contribution is 2.53. The zero-order valence-electron chi connectivity index (χ0n) is 11.2. The van der Waals surface area contributed by atoms with Crippen LogP contribution in [0.15, 0.2) is 24.4 Å². The molecule has 2 nitrogen and oxygen atoms in total. The molecule has 1 unspecified atom stereocenters. The molecule has 18 heavy (non-hydrogen) atoms. The van der Waals surface area contributed by atoms with E-state index in [-0.39, 0.29) is 11.3 Å². The number of hydrogen-bond donors (Lipinski definition) is 1. The molecule has 2 heteroatoms. The third kappa shape index (κ3) is 1.59. The molecule has 1 aliphatic carbocycles. The molecule has 0 aliphatic heterocycles. The zero-order valence-corrected chi connectivity index (χ0v) is 11.2. The minimum absolute atomic E-state index is 0.197. The summed E-state index contributed by atoms with van der Waals surface area (Å²) in [5, 5.41) is 1.09. The van der Waals surface area contributed by atoms with Gasteiger partial charge in [-0.05, 0) is 23.8 Å². The average Bonchev–Trinajstić information content (AvgIpc) is 2.81. The highest BCUT2D eigenvalue weighted by Gasteiger charge is 2.50. The van der Waals surface area contributed by atoms with E-state index in [2.05, 4.69) is 31.8 Å². The first-order chi connectivity index (χ1) is 8.54. The maximum absolute atomic E-state index is 12.5. The van der Waals surface area contributed by atoms with Crippen molar-refractivity contribution in [3.63, 3.8) is 0 Å². The fourth-order valence-corrected chi connectivity index (χ4v) is 2.82. The van der Waals surface area contributed by atoms with Gasteiger partial charge < -0.3 is 4.98 Å². The van der Waals surface area contributed by atoms with Gasteiger partial charge in [-0.15, -0.1) is 0 Å². The number of fused-ring (bicyclic) bond motifs is 1. The molecule has 0 saturated heterocycles. The molecule has 0 radical (unpaired) electrons. The molecule has 1 heterocycles. The maximum Gasteiger partial charge on any atom is 0.168 e. The molecular weight excluding hydrogens is 222 g/mol. The Morgan fingerprint density at radius 1 is 1.44 bits per heavy atom. The summed E-state index contributed by atoms with van der Waals surface area (Å²) in [6, 6.07) is 6.21. The first-order valence-electron chi connectivity index (χ1n) is 6.68. The van der Waals surface area contributed by atoms with Crippen molar-refractivity contribution >= 4 is 16.7 Å². The molecule has 94 valence electrons. The Morgan fingerprint density at radius 2 is 2.17 bits per heavy atom. The Labute approximate surface area is 107 Å². The minimum Gasteiger partial charge on any atom is -0.360 e. The number of aromatic nitrogens is 1. The van der Waals surface area contributed by atoms with Gasteiger partial charge in [-0.25, -0.2) is 0 Å². The van der Waals surface area contributed by atoms with Gasteiger partial charge in [0.2, 0.25) is 0 Å². The molecule has 0 bridgehead atoms. The van der Waals surface area contributed by atoms with Crippen molar-refractivity contribution in [3.05, 3.63) is 35.5 Å². The summed E-state index contributed by atoms with van der Waals surface area (Å²) in [5.74, 6) is 0.515. The number of hydrogen-bond acceptors (Lipinski definition) is 1. The summed E-state index contributed by atoms with van der Waals surface area (Å²) in [5.41, 5.74) is 3.47. The van der Waals surface area contributed by atoms with Gasteiger partial charge in [-0.2, -0.15) is 0 Å². The van der Waals surface area contributed by atoms with E-state index in [0.29, 0.717) is 5.78 Å². The van der Waals surface area contributed by atoms with Crippen LogP contribution in [0.5, 0.6) is 0 Å². The van der Waals surface area contributed by atoms with Crippen LogP contribution in [-0.4, -0.2) is 10.8 Å². The Bertz CT molecular complexity index is 621. The largest absolute Gasteiger partial charge is 0.360 e. The van der Waals surface area contributed by atoms with E-state index in [4.69, 9.17) is 0 Å². The topological polar surface area (TPSA) is 32.9 Å². The lowest BCUT2D eigenvalue weighted by Gasteiger charge is -2.03. The van der Waals surface area contributed by atoms with Gasteiger partial charge in [0.25, 0.3) is 0 Å². The van der Waals surface area contributed by atoms with E-state index >= 15 is 0 Å². The van der Waals surface area contributed by atoms with Crippen LogP contribution < -0.4 is 0 Å². The van der Waals surface area contributed by atoms with E-state index in [9.17, 15) is 4.79 Å². The number of carbonyl (C=O) groups excluding carboxylic acids is 1. The fraction of sp³-hybridized carbons (Fsp3) is 0.438. The number of Topliss-reactive ketones (excluding diaryl/α,β-unsaturated/α-hetero) is 1. The third-order valence-electron chi connectivity index (χ3n) is 4.28. The Balaban J connectivity index is 2.06. The van der Waals surface area contributed by atoms with Gasteiger partial charge in [0, 0.05) is 28.6 Å². The highest BCUT2D eigenvalue weighted by molar-refractivity contribution is 6.10. The van der Waals surface area contributed by atoms with E-state index in [1.54, 1.807) is 0 Å². The van der Waals surface area contributed by atoms with E-state index < -0.39 is 0 Å². The number of H-pyrrole nitrogens is 1. The predicted octanol–water partition coefficient (Wildman–Crippen LogP) is 3.96. The SMILES string of the molecule is CCc1cccc2c(C(=O)C3CC3(C)C)c[nH]c12. The summed E-state index contributed by atoms with van der Waals surface area (Å²) >= 11 is 0. The quantitative estimate of drug-likeness (QED) is 0.811. The zero-order chi connectivity index (χ0) is 12.9. The second kappa shape index (κ2) is 3.71. The van der Waals surface area contributed by atoms with Crippen LogP contribution in [0, 0.1) is 11.3 Å². The average molecular weight is 241 g/mol. The van der Waals surface area contributed by atoms with Crippen LogP contribution in [0.25, 0.3) is 10.9 Å². The number of aryl methyl sites for hydroxylation is 1. The van der Waals surface area contributed by atoms with Crippen LogP contribution in [0.3, 0.4) is 0 Å². The Kier molecular flexibility index (Phi) is 2.37. The third-order valence-corrected chi connectivity index (χ3v) is 4.28. The normalized spacial score (nSPS) is 21.2. The molecule has 0 amide bonds. The van der Waals surface area contributed by atoms with Gasteiger partial charge >= 0.3 is 0 Å². The lowest BCUT2D eigenvalue weighted by atomic mass is 9.99. The molecule has 1 aliphatic rings.